The highest BCUT2D eigenvalue weighted by atomic mass is 16.2. The second kappa shape index (κ2) is 5.23. The first-order valence-corrected chi connectivity index (χ1v) is 3.76. The molecule has 0 aromatic heterocycles. The molecule has 0 saturated heterocycles. The van der Waals surface area contributed by atoms with Crippen LogP contribution in [0.4, 0.5) is 4.79 Å². The number of carbonyl (C=O) groups excluding carboxylic acids is 1. The van der Waals surface area contributed by atoms with E-state index < -0.39 is 0 Å². The van der Waals surface area contributed by atoms with E-state index in [-0.39, 0.29) is 6.03 Å². The molecule has 2 amide bonds. The average Bonchev–Trinajstić information content (AvgIpc) is 1.88. The van der Waals surface area contributed by atoms with E-state index >= 15 is 0 Å². The van der Waals surface area contributed by atoms with Crippen LogP contribution in [0.1, 0.15) is 19.8 Å². The predicted octanol–water partition coefficient (Wildman–Crippen LogP) is -0.359. The van der Waals surface area contributed by atoms with E-state index in [1.54, 1.807) is 0 Å². The van der Waals surface area contributed by atoms with Crippen molar-refractivity contribution >= 4 is 6.03 Å². The number of urea groups is 1. The van der Waals surface area contributed by atoms with Gasteiger partial charge in [-0.1, -0.05) is 13.3 Å². The minimum Gasteiger partial charge on any atom is -0.306 e. The number of amides is 2. The van der Waals surface area contributed by atoms with Gasteiger partial charge in [0.15, 0.2) is 0 Å². The molecule has 0 rings (SSSR count). The largest absolute Gasteiger partial charge is 0.414 e. The van der Waals surface area contributed by atoms with Crippen LogP contribution in [-0.2, 0) is 0 Å². The van der Waals surface area contributed by atoms with Crippen molar-refractivity contribution in [2.24, 2.45) is 0 Å². The van der Waals surface area contributed by atoms with Gasteiger partial charge in [0.05, 0.1) is 14.1 Å². The molecule has 0 aromatic carbocycles. The Balaban J connectivity index is 3.22. The fourth-order valence-electron chi connectivity index (χ4n) is 0.555. The maximum atomic E-state index is 10.9. The SMILES string of the molecule is CCCCNC(=O)[NH+](C)C. The molecule has 60 valence electrons. The van der Waals surface area contributed by atoms with E-state index in [0.29, 0.717) is 0 Å². The summed E-state index contributed by atoms with van der Waals surface area (Å²) in [6.45, 7) is 2.91. The van der Waals surface area contributed by atoms with Crippen LogP contribution in [0, 0.1) is 0 Å². The van der Waals surface area contributed by atoms with E-state index in [2.05, 4.69) is 12.2 Å². The number of hydrogen-bond donors (Lipinski definition) is 2. The highest BCUT2D eigenvalue weighted by Gasteiger charge is 2.05. The van der Waals surface area contributed by atoms with Gasteiger partial charge in [0.2, 0.25) is 0 Å². The lowest BCUT2D eigenvalue weighted by Gasteiger charge is -2.05. The third-order valence-electron chi connectivity index (χ3n) is 1.27. The van der Waals surface area contributed by atoms with Crippen molar-refractivity contribution in [1.29, 1.82) is 0 Å². The number of carbonyl (C=O) groups is 1. The highest BCUT2D eigenvalue weighted by Crippen LogP contribution is 1.80. The lowest BCUT2D eigenvalue weighted by molar-refractivity contribution is -0.769. The number of quaternary nitrogens is 1. The van der Waals surface area contributed by atoms with Gasteiger partial charge in [0, 0.05) is 6.54 Å². The first-order valence-electron chi connectivity index (χ1n) is 3.76. The Hall–Kier alpha value is -0.570. The zero-order valence-electron chi connectivity index (χ0n) is 7.03. The van der Waals surface area contributed by atoms with Crippen molar-refractivity contribution in [2.45, 2.75) is 19.8 Å². The van der Waals surface area contributed by atoms with Crippen LogP contribution in [0.3, 0.4) is 0 Å². The van der Waals surface area contributed by atoms with Crippen LogP contribution in [0.5, 0.6) is 0 Å². The van der Waals surface area contributed by atoms with Crippen molar-refractivity contribution in [3.63, 3.8) is 0 Å². The van der Waals surface area contributed by atoms with Crippen molar-refractivity contribution in [3.05, 3.63) is 0 Å². The van der Waals surface area contributed by atoms with Crippen LogP contribution in [0.15, 0.2) is 0 Å². The van der Waals surface area contributed by atoms with E-state index in [1.165, 1.54) is 0 Å². The maximum Gasteiger partial charge on any atom is 0.414 e. The minimum atomic E-state index is 0.0773. The zero-order chi connectivity index (χ0) is 7.98. The van der Waals surface area contributed by atoms with Gasteiger partial charge in [0.1, 0.15) is 0 Å². The van der Waals surface area contributed by atoms with Gasteiger partial charge in [-0.15, -0.1) is 0 Å². The van der Waals surface area contributed by atoms with Gasteiger partial charge < -0.3 is 5.32 Å². The van der Waals surface area contributed by atoms with Gasteiger partial charge in [-0.3, -0.25) is 4.90 Å². The van der Waals surface area contributed by atoms with Crippen LogP contribution in [0.2, 0.25) is 0 Å². The molecule has 0 unspecified atom stereocenters. The molecule has 0 aliphatic rings. The standard InChI is InChI=1S/C7H16N2O/c1-4-5-6-8-7(10)9(2)3/h4-6H2,1-3H3,(H,8,10)/p+1. The molecule has 0 spiro atoms. The maximum absolute atomic E-state index is 10.9. The Kier molecular flexibility index (Phi) is 4.94. The summed E-state index contributed by atoms with van der Waals surface area (Å²) in [5.41, 5.74) is 0. The molecular formula is C7H17N2O+. The molecule has 3 heteroatoms. The molecule has 0 atom stereocenters. The van der Waals surface area contributed by atoms with Gasteiger partial charge in [0.25, 0.3) is 0 Å². The Labute approximate surface area is 62.4 Å². The van der Waals surface area contributed by atoms with Crippen LogP contribution < -0.4 is 10.2 Å². The Morgan fingerprint density at radius 3 is 2.50 bits per heavy atom. The number of hydrogen-bond acceptors (Lipinski definition) is 1. The van der Waals surface area contributed by atoms with E-state index in [9.17, 15) is 4.79 Å². The summed E-state index contributed by atoms with van der Waals surface area (Å²) in [5, 5.41) is 2.81. The summed E-state index contributed by atoms with van der Waals surface area (Å²) in [5.74, 6) is 0. The molecule has 0 radical (unpaired) electrons. The molecule has 0 aromatic rings. The predicted molar refractivity (Wildman–Crippen MR) is 41.1 cm³/mol. The molecule has 0 aliphatic heterocycles. The highest BCUT2D eigenvalue weighted by molar-refractivity contribution is 5.63. The van der Waals surface area contributed by atoms with Crippen LogP contribution >= 0.6 is 0 Å². The minimum absolute atomic E-state index is 0.0773. The molecule has 2 N–H and O–H groups in total. The summed E-state index contributed by atoms with van der Waals surface area (Å²) in [4.78, 5) is 11.7. The zero-order valence-corrected chi connectivity index (χ0v) is 7.03. The molecule has 10 heavy (non-hydrogen) atoms. The smallest absolute Gasteiger partial charge is 0.306 e. The third kappa shape index (κ3) is 4.32. The van der Waals surface area contributed by atoms with Crippen LogP contribution in [-0.4, -0.2) is 26.7 Å². The summed E-state index contributed by atoms with van der Waals surface area (Å²) in [7, 11) is 3.64. The second-order valence-corrected chi connectivity index (χ2v) is 2.61. The Bertz CT molecular complexity index is 102. The van der Waals surface area contributed by atoms with Gasteiger partial charge >= 0.3 is 6.03 Å². The summed E-state index contributed by atoms with van der Waals surface area (Å²) < 4.78 is 0. The van der Waals surface area contributed by atoms with Crippen LogP contribution in [0.25, 0.3) is 0 Å². The number of rotatable bonds is 3. The van der Waals surface area contributed by atoms with Crippen molar-refractivity contribution in [2.75, 3.05) is 20.6 Å². The topological polar surface area (TPSA) is 33.5 Å². The first-order chi connectivity index (χ1) is 4.68. The van der Waals surface area contributed by atoms with Gasteiger partial charge in [-0.25, -0.2) is 4.79 Å². The van der Waals surface area contributed by atoms with E-state index in [4.69, 9.17) is 0 Å². The molecule has 0 bridgehead atoms. The van der Waals surface area contributed by atoms with E-state index in [0.717, 1.165) is 24.3 Å². The normalized spacial score (nSPS) is 10.0. The summed E-state index contributed by atoms with van der Waals surface area (Å²) in [6, 6.07) is 0.0773. The quantitative estimate of drug-likeness (QED) is 0.522. The number of nitrogens with one attached hydrogen (secondary N) is 2. The molecule has 0 heterocycles. The Morgan fingerprint density at radius 1 is 1.50 bits per heavy atom. The average molecular weight is 145 g/mol. The third-order valence-corrected chi connectivity index (χ3v) is 1.27. The number of unbranched alkanes of at least 4 members (excludes halogenated alkanes) is 1. The summed E-state index contributed by atoms with van der Waals surface area (Å²) in [6.07, 6.45) is 2.20. The fourth-order valence-corrected chi connectivity index (χ4v) is 0.555. The van der Waals surface area contributed by atoms with Crippen molar-refractivity contribution in [1.82, 2.24) is 5.32 Å². The lowest BCUT2D eigenvalue weighted by Crippen LogP contribution is -3.10. The van der Waals surface area contributed by atoms with Gasteiger partial charge in [-0.05, 0) is 6.42 Å². The Morgan fingerprint density at radius 2 is 2.10 bits per heavy atom. The lowest BCUT2D eigenvalue weighted by atomic mass is 10.3. The van der Waals surface area contributed by atoms with E-state index in [1.807, 2.05) is 14.1 Å². The molecule has 0 aliphatic carbocycles. The van der Waals surface area contributed by atoms with Gasteiger partial charge in [-0.2, -0.15) is 0 Å². The van der Waals surface area contributed by atoms with Crippen molar-refractivity contribution in [3.8, 4) is 0 Å². The molecular weight excluding hydrogens is 128 g/mol. The summed E-state index contributed by atoms with van der Waals surface area (Å²) >= 11 is 0. The van der Waals surface area contributed by atoms with Crippen molar-refractivity contribution < 1.29 is 9.69 Å². The monoisotopic (exact) mass is 145 g/mol. The first kappa shape index (κ1) is 9.43. The molecule has 3 nitrogen and oxygen atoms in total. The molecule has 0 saturated carbocycles. The fraction of sp³-hybridized carbons (Fsp3) is 0.857. The second-order valence-electron chi connectivity index (χ2n) is 2.61. The molecule has 0 fully saturated rings.